The molecule has 0 N–H and O–H groups in total. The lowest BCUT2D eigenvalue weighted by Crippen LogP contribution is -2.45. The van der Waals surface area contributed by atoms with Crippen LogP contribution in [0.15, 0.2) is 24.4 Å². The number of hydrogen-bond acceptors (Lipinski definition) is 6. The van der Waals surface area contributed by atoms with Crippen molar-refractivity contribution < 1.29 is 9.47 Å². The lowest BCUT2D eigenvalue weighted by Gasteiger charge is -2.37. The number of aromatic nitrogens is 4. The maximum atomic E-state index is 5.75. The molecule has 4 rings (SSSR count). The number of nitrogens with zero attached hydrogens (tertiary/aromatic N) is 5. The van der Waals surface area contributed by atoms with E-state index in [1.54, 1.807) is 4.68 Å². The molecule has 0 radical (unpaired) electrons. The van der Waals surface area contributed by atoms with E-state index in [1.807, 2.05) is 31.3 Å². The Labute approximate surface area is 128 Å². The molecule has 7 nitrogen and oxygen atoms in total. The number of piperidine rings is 1. The predicted molar refractivity (Wildman–Crippen MR) is 80.0 cm³/mol. The summed E-state index contributed by atoms with van der Waals surface area (Å²) < 4.78 is 13.2. The van der Waals surface area contributed by atoms with Gasteiger partial charge in [-0.15, -0.1) is 10.2 Å². The summed E-state index contributed by atoms with van der Waals surface area (Å²) in [6.45, 7) is 5.11. The average molecular weight is 301 g/mol. The van der Waals surface area contributed by atoms with Crippen molar-refractivity contribution in [2.24, 2.45) is 0 Å². The Morgan fingerprint density at radius 1 is 1.00 bits per heavy atom. The molecule has 7 heteroatoms. The number of rotatable bonds is 2. The summed E-state index contributed by atoms with van der Waals surface area (Å²) in [4.78, 5) is 2.22. The SMILES string of the molecule is Cc1ccn(-c2ccc(N3CCC4(CC3)OCCO4)nn2)n1. The van der Waals surface area contributed by atoms with Gasteiger partial charge in [0.15, 0.2) is 17.4 Å². The zero-order chi connectivity index (χ0) is 15.0. The minimum absolute atomic E-state index is 0.351. The van der Waals surface area contributed by atoms with E-state index in [1.165, 1.54) is 0 Å². The van der Waals surface area contributed by atoms with Gasteiger partial charge >= 0.3 is 0 Å². The van der Waals surface area contributed by atoms with Crippen LogP contribution in [-0.2, 0) is 9.47 Å². The molecule has 0 bridgehead atoms. The Balaban J connectivity index is 1.45. The fourth-order valence-corrected chi connectivity index (χ4v) is 3.01. The van der Waals surface area contributed by atoms with E-state index in [0.717, 1.165) is 43.3 Å². The van der Waals surface area contributed by atoms with Crippen molar-refractivity contribution in [2.45, 2.75) is 25.6 Å². The van der Waals surface area contributed by atoms with E-state index < -0.39 is 0 Å². The number of aryl methyl sites for hydroxylation is 1. The summed E-state index contributed by atoms with van der Waals surface area (Å²) in [6, 6.07) is 5.89. The van der Waals surface area contributed by atoms with Gasteiger partial charge in [-0.05, 0) is 25.1 Å². The summed E-state index contributed by atoms with van der Waals surface area (Å²) in [5.74, 6) is 1.27. The summed E-state index contributed by atoms with van der Waals surface area (Å²) in [7, 11) is 0. The molecule has 2 aromatic heterocycles. The summed E-state index contributed by atoms with van der Waals surface area (Å²) >= 11 is 0. The molecule has 2 saturated heterocycles. The molecule has 2 aliphatic heterocycles. The Morgan fingerprint density at radius 3 is 2.27 bits per heavy atom. The van der Waals surface area contributed by atoms with E-state index >= 15 is 0 Å². The number of hydrogen-bond donors (Lipinski definition) is 0. The van der Waals surface area contributed by atoms with Gasteiger partial charge in [0.05, 0.1) is 18.9 Å². The molecule has 0 saturated carbocycles. The van der Waals surface area contributed by atoms with Gasteiger partial charge in [-0.25, -0.2) is 4.68 Å². The van der Waals surface area contributed by atoms with Crippen LogP contribution in [0.5, 0.6) is 0 Å². The van der Waals surface area contributed by atoms with E-state index in [0.29, 0.717) is 13.2 Å². The van der Waals surface area contributed by atoms with Crippen LogP contribution in [0.2, 0.25) is 0 Å². The van der Waals surface area contributed by atoms with Gasteiger partial charge in [-0.2, -0.15) is 5.10 Å². The van der Waals surface area contributed by atoms with Crippen molar-refractivity contribution in [3.63, 3.8) is 0 Å². The van der Waals surface area contributed by atoms with Gasteiger partial charge in [-0.3, -0.25) is 0 Å². The van der Waals surface area contributed by atoms with E-state index in [2.05, 4.69) is 20.2 Å². The summed E-state index contributed by atoms with van der Waals surface area (Å²) in [6.07, 6.45) is 3.63. The van der Waals surface area contributed by atoms with Crippen molar-refractivity contribution in [2.75, 3.05) is 31.2 Å². The van der Waals surface area contributed by atoms with Crippen molar-refractivity contribution in [3.8, 4) is 5.82 Å². The van der Waals surface area contributed by atoms with E-state index in [9.17, 15) is 0 Å². The quantitative estimate of drug-likeness (QED) is 0.833. The van der Waals surface area contributed by atoms with Crippen molar-refractivity contribution in [1.29, 1.82) is 0 Å². The summed E-state index contributed by atoms with van der Waals surface area (Å²) in [5, 5.41) is 12.9. The monoisotopic (exact) mass is 301 g/mol. The molecule has 0 amide bonds. The smallest absolute Gasteiger partial charge is 0.175 e. The standard InChI is InChI=1S/C15H19N5O2/c1-12-4-7-20(18-12)14-3-2-13(16-17-14)19-8-5-15(6-9-19)21-10-11-22-15/h2-4,7H,5-6,8-11H2,1H3. The highest BCUT2D eigenvalue weighted by Crippen LogP contribution is 2.32. The first-order valence-electron chi connectivity index (χ1n) is 7.63. The third-order valence-corrected chi connectivity index (χ3v) is 4.26. The molecule has 0 unspecified atom stereocenters. The molecule has 1 spiro atoms. The van der Waals surface area contributed by atoms with Crippen molar-refractivity contribution in [3.05, 3.63) is 30.1 Å². The first-order chi connectivity index (χ1) is 10.7. The Hall–Kier alpha value is -1.99. The molecule has 22 heavy (non-hydrogen) atoms. The second-order valence-electron chi connectivity index (χ2n) is 5.75. The average Bonchev–Trinajstić information content (AvgIpc) is 3.18. The van der Waals surface area contributed by atoms with Crippen LogP contribution in [0, 0.1) is 6.92 Å². The normalized spacial score (nSPS) is 20.7. The van der Waals surface area contributed by atoms with Gasteiger partial charge in [0.25, 0.3) is 0 Å². The van der Waals surface area contributed by atoms with Crippen LogP contribution in [-0.4, -0.2) is 52.1 Å². The van der Waals surface area contributed by atoms with Gasteiger partial charge in [0, 0.05) is 32.1 Å². The third-order valence-electron chi connectivity index (χ3n) is 4.26. The second kappa shape index (κ2) is 5.33. The maximum Gasteiger partial charge on any atom is 0.175 e. The minimum atomic E-state index is -0.351. The van der Waals surface area contributed by atoms with Crippen LogP contribution in [0.1, 0.15) is 18.5 Å². The van der Waals surface area contributed by atoms with Crippen LogP contribution in [0.4, 0.5) is 5.82 Å². The topological polar surface area (TPSA) is 65.3 Å². The fourth-order valence-electron chi connectivity index (χ4n) is 3.01. The highest BCUT2D eigenvalue weighted by atomic mass is 16.7. The first-order valence-corrected chi connectivity index (χ1v) is 7.63. The Bertz CT molecular complexity index is 638. The maximum absolute atomic E-state index is 5.75. The zero-order valence-corrected chi connectivity index (χ0v) is 12.6. The second-order valence-corrected chi connectivity index (χ2v) is 5.75. The molecular formula is C15H19N5O2. The molecular weight excluding hydrogens is 282 g/mol. The van der Waals surface area contributed by atoms with E-state index in [-0.39, 0.29) is 5.79 Å². The molecule has 0 atom stereocenters. The number of ether oxygens (including phenoxy) is 2. The molecule has 0 aromatic carbocycles. The van der Waals surface area contributed by atoms with Crippen molar-refractivity contribution >= 4 is 5.82 Å². The van der Waals surface area contributed by atoms with Gasteiger partial charge in [-0.1, -0.05) is 0 Å². The highest BCUT2D eigenvalue weighted by molar-refractivity contribution is 5.40. The van der Waals surface area contributed by atoms with Crippen LogP contribution < -0.4 is 4.90 Å². The minimum Gasteiger partial charge on any atom is -0.355 e. The van der Waals surface area contributed by atoms with Crippen LogP contribution in [0.25, 0.3) is 5.82 Å². The Kier molecular flexibility index (Phi) is 3.31. The van der Waals surface area contributed by atoms with E-state index in [4.69, 9.17) is 9.47 Å². The van der Waals surface area contributed by atoms with Crippen LogP contribution >= 0.6 is 0 Å². The molecule has 116 valence electrons. The van der Waals surface area contributed by atoms with Gasteiger partial charge in [0.2, 0.25) is 0 Å². The van der Waals surface area contributed by atoms with Gasteiger partial charge in [0.1, 0.15) is 0 Å². The van der Waals surface area contributed by atoms with Crippen molar-refractivity contribution in [1.82, 2.24) is 20.0 Å². The Morgan fingerprint density at radius 2 is 1.68 bits per heavy atom. The third kappa shape index (κ3) is 2.46. The molecule has 0 aliphatic carbocycles. The zero-order valence-electron chi connectivity index (χ0n) is 12.6. The molecule has 2 aromatic rings. The molecule has 2 fully saturated rings. The lowest BCUT2D eigenvalue weighted by atomic mass is 10.0. The summed E-state index contributed by atoms with van der Waals surface area (Å²) in [5.41, 5.74) is 0.962. The first kappa shape index (κ1) is 13.7. The lowest BCUT2D eigenvalue weighted by molar-refractivity contribution is -0.169. The highest BCUT2D eigenvalue weighted by Gasteiger charge is 2.40. The van der Waals surface area contributed by atoms with Crippen LogP contribution in [0.3, 0.4) is 0 Å². The number of anilines is 1. The van der Waals surface area contributed by atoms with Gasteiger partial charge < -0.3 is 14.4 Å². The fraction of sp³-hybridized carbons (Fsp3) is 0.533. The largest absolute Gasteiger partial charge is 0.355 e. The molecule has 2 aliphatic rings. The molecule has 4 heterocycles. The predicted octanol–water partition coefficient (Wildman–Crippen LogP) is 1.31.